The Balaban J connectivity index is 1.49. The predicted molar refractivity (Wildman–Crippen MR) is 138 cm³/mol. The van der Waals surface area contributed by atoms with E-state index in [9.17, 15) is 27.9 Å². The molecule has 2 aromatic rings. The number of fused-ring (bicyclic) bond motifs is 1. The molecule has 0 spiro atoms. The minimum Gasteiger partial charge on any atom is -0.477 e. The highest BCUT2D eigenvalue weighted by Gasteiger charge is 2.54. The fraction of sp³-hybridized carbons (Fsp3) is 0.227. The first-order valence-corrected chi connectivity index (χ1v) is 14.1. The Morgan fingerprint density at radius 3 is 2.63 bits per heavy atom. The summed E-state index contributed by atoms with van der Waals surface area (Å²) < 4.78 is 29.7. The SMILES string of the molecule is CON=C(C(=O)NC1C(=O)N2C(C(=O)O)=C(C=COS(=O)(=O)c3ccc(C)cc3)CSC12)c1csc(N)n1. The highest BCUT2D eigenvalue weighted by atomic mass is 32.2. The monoisotopic (exact) mass is 579 g/mol. The molecule has 2 aliphatic rings. The molecule has 38 heavy (non-hydrogen) atoms. The number of carbonyl (C=O) groups excluding carboxylic acids is 2. The Morgan fingerprint density at radius 1 is 1.32 bits per heavy atom. The Morgan fingerprint density at radius 2 is 2.03 bits per heavy atom. The standard InChI is InChI=1S/C22H21N5O8S3/c1-11-3-5-13(6-4-11)38(32,33)35-8-7-12-9-36-20-16(19(29)27(20)17(12)21(30)31)25-18(28)15(26-34-2)14-10-37-22(23)24-14/h3-8,10,16,20H,9H2,1-2H3,(H2,23,24)(H,25,28)(H,30,31). The number of benzene rings is 1. The zero-order valence-electron chi connectivity index (χ0n) is 19.9. The molecule has 0 radical (unpaired) electrons. The van der Waals surface area contributed by atoms with Crippen molar-refractivity contribution >= 4 is 61.8 Å². The van der Waals surface area contributed by atoms with Crippen LogP contribution in [0.15, 0.2) is 63.3 Å². The third-order valence-corrected chi connectivity index (χ3v) is 8.60. The zero-order chi connectivity index (χ0) is 27.6. The normalized spacial score (nSPS) is 19.7. The lowest BCUT2D eigenvalue weighted by Gasteiger charge is -2.49. The third-order valence-electron chi connectivity index (χ3n) is 5.41. The second kappa shape index (κ2) is 10.8. The van der Waals surface area contributed by atoms with Crippen molar-refractivity contribution in [1.82, 2.24) is 15.2 Å². The van der Waals surface area contributed by atoms with Gasteiger partial charge in [0, 0.05) is 11.1 Å². The van der Waals surface area contributed by atoms with Crippen LogP contribution in [0.4, 0.5) is 5.13 Å². The van der Waals surface area contributed by atoms with Crippen LogP contribution in [0.25, 0.3) is 0 Å². The second-order valence-corrected chi connectivity index (χ2v) is 11.5. The number of nitrogens with two attached hydrogens (primary N) is 1. The number of thioether (sulfide) groups is 1. The molecule has 200 valence electrons. The second-order valence-electron chi connectivity index (χ2n) is 7.90. The van der Waals surface area contributed by atoms with Gasteiger partial charge in [-0.05, 0) is 30.7 Å². The van der Waals surface area contributed by atoms with E-state index in [2.05, 4.69) is 15.5 Å². The number of hydrogen-bond acceptors (Lipinski definition) is 12. The largest absolute Gasteiger partial charge is 0.477 e. The van der Waals surface area contributed by atoms with Crippen LogP contribution >= 0.6 is 23.1 Å². The highest BCUT2D eigenvalue weighted by Crippen LogP contribution is 2.40. The molecule has 1 aromatic carbocycles. The van der Waals surface area contributed by atoms with Crippen molar-refractivity contribution in [3.8, 4) is 0 Å². The molecule has 4 rings (SSSR count). The summed E-state index contributed by atoms with van der Waals surface area (Å²) in [6.45, 7) is 1.81. The molecule has 2 aliphatic heterocycles. The number of thiazole rings is 1. The number of carboxylic acid groups (broad SMARTS) is 1. The number of nitrogens with one attached hydrogen (secondary N) is 1. The molecule has 2 unspecified atom stereocenters. The van der Waals surface area contributed by atoms with Gasteiger partial charge in [-0.25, -0.2) is 9.78 Å². The number of anilines is 1. The lowest BCUT2D eigenvalue weighted by atomic mass is 10.0. The number of oxime groups is 1. The van der Waals surface area contributed by atoms with Crippen LogP contribution in [0.2, 0.25) is 0 Å². The number of aryl methyl sites for hydroxylation is 1. The van der Waals surface area contributed by atoms with Gasteiger partial charge in [0.2, 0.25) is 0 Å². The fourth-order valence-corrected chi connectivity index (χ4v) is 6.27. The smallest absolute Gasteiger partial charge is 0.352 e. The Hall–Kier alpha value is -3.89. The summed E-state index contributed by atoms with van der Waals surface area (Å²) in [5.41, 5.74) is 6.27. The van der Waals surface area contributed by atoms with Crippen molar-refractivity contribution in [2.24, 2.45) is 5.16 Å². The number of amides is 2. The number of carbonyl (C=O) groups is 3. The summed E-state index contributed by atoms with van der Waals surface area (Å²) in [6.07, 6.45) is 2.05. The Labute approximate surface area is 225 Å². The van der Waals surface area contributed by atoms with Crippen LogP contribution in [0.3, 0.4) is 0 Å². The van der Waals surface area contributed by atoms with Gasteiger partial charge in [0.15, 0.2) is 10.8 Å². The summed E-state index contributed by atoms with van der Waals surface area (Å²) in [5.74, 6) is -2.71. The van der Waals surface area contributed by atoms with E-state index in [4.69, 9.17) is 14.8 Å². The lowest BCUT2D eigenvalue weighted by molar-refractivity contribution is -0.150. The van der Waals surface area contributed by atoms with Crippen molar-refractivity contribution in [1.29, 1.82) is 0 Å². The first-order chi connectivity index (χ1) is 18.0. The average molecular weight is 580 g/mol. The molecular formula is C22H21N5O8S3. The minimum absolute atomic E-state index is 0.0634. The molecule has 3 heterocycles. The summed E-state index contributed by atoms with van der Waals surface area (Å²) in [7, 11) is -2.88. The van der Waals surface area contributed by atoms with Crippen molar-refractivity contribution in [3.63, 3.8) is 0 Å². The summed E-state index contributed by atoms with van der Waals surface area (Å²) >= 11 is 2.27. The van der Waals surface area contributed by atoms with E-state index in [0.29, 0.717) is 0 Å². The van der Waals surface area contributed by atoms with E-state index in [-0.39, 0.29) is 38.5 Å². The van der Waals surface area contributed by atoms with Gasteiger partial charge in [0.1, 0.15) is 41.1 Å². The van der Waals surface area contributed by atoms with E-state index in [0.717, 1.165) is 28.1 Å². The van der Waals surface area contributed by atoms with Crippen LogP contribution < -0.4 is 11.1 Å². The van der Waals surface area contributed by atoms with Gasteiger partial charge in [-0.1, -0.05) is 22.9 Å². The molecule has 0 aliphatic carbocycles. The van der Waals surface area contributed by atoms with Crippen LogP contribution in [-0.2, 0) is 33.5 Å². The van der Waals surface area contributed by atoms with Gasteiger partial charge in [0.05, 0.1) is 0 Å². The number of rotatable bonds is 9. The number of hydrogen-bond donors (Lipinski definition) is 3. The van der Waals surface area contributed by atoms with Crippen LogP contribution in [0, 0.1) is 6.92 Å². The molecular weight excluding hydrogens is 558 g/mol. The van der Waals surface area contributed by atoms with Crippen LogP contribution in [-0.4, -0.2) is 71.2 Å². The molecule has 1 aromatic heterocycles. The summed E-state index contributed by atoms with van der Waals surface area (Å²) in [6, 6.07) is 4.97. The summed E-state index contributed by atoms with van der Waals surface area (Å²) in [5, 5.41) is 17.0. The number of aliphatic carboxylic acids is 1. The topological polar surface area (TPSA) is 191 Å². The number of carboxylic acids is 1. The van der Waals surface area contributed by atoms with Gasteiger partial charge >= 0.3 is 16.1 Å². The third kappa shape index (κ3) is 5.36. The Kier molecular flexibility index (Phi) is 7.75. The van der Waals surface area contributed by atoms with E-state index in [1.54, 1.807) is 19.1 Å². The van der Waals surface area contributed by atoms with Gasteiger partial charge in [-0.3, -0.25) is 14.5 Å². The molecule has 13 nitrogen and oxygen atoms in total. The average Bonchev–Trinajstić information content (AvgIpc) is 3.30. The van der Waals surface area contributed by atoms with E-state index >= 15 is 0 Å². The zero-order valence-corrected chi connectivity index (χ0v) is 22.3. The molecule has 0 bridgehead atoms. The predicted octanol–water partition coefficient (Wildman–Crippen LogP) is 1.04. The fourth-order valence-electron chi connectivity index (χ4n) is 3.62. The van der Waals surface area contributed by atoms with Gasteiger partial charge in [-0.2, -0.15) is 8.42 Å². The number of nitrogens with zero attached hydrogens (tertiary/aromatic N) is 3. The molecule has 1 saturated heterocycles. The number of aromatic nitrogens is 1. The van der Waals surface area contributed by atoms with Gasteiger partial charge in [0.25, 0.3) is 11.8 Å². The molecule has 2 amide bonds. The molecule has 1 fully saturated rings. The molecule has 2 atom stereocenters. The highest BCUT2D eigenvalue weighted by molar-refractivity contribution is 8.00. The van der Waals surface area contributed by atoms with Crippen molar-refractivity contribution < 1.29 is 36.9 Å². The number of nitrogen functional groups attached to an aromatic ring is 1. The van der Waals surface area contributed by atoms with Crippen LogP contribution in [0.5, 0.6) is 0 Å². The Bertz CT molecular complexity index is 1480. The minimum atomic E-state index is -4.12. The molecule has 4 N–H and O–H groups in total. The number of allylic oxidation sites excluding steroid dienone is 1. The summed E-state index contributed by atoms with van der Waals surface area (Å²) in [4.78, 5) is 47.4. The quantitative estimate of drug-likeness (QED) is 0.126. The van der Waals surface area contributed by atoms with Crippen molar-refractivity contribution in [2.75, 3.05) is 18.6 Å². The van der Waals surface area contributed by atoms with Crippen LogP contribution in [0.1, 0.15) is 11.3 Å². The molecule has 16 heteroatoms. The van der Waals surface area contributed by atoms with Gasteiger partial charge in [-0.15, -0.1) is 23.1 Å². The molecule has 0 saturated carbocycles. The van der Waals surface area contributed by atoms with Crippen molar-refractivity contribution in [3.05, 3.63) is 64.5 Å². The maximum atomic E-state index is 12.9. The maximum absolute atomic E-state index is 12.9. The lowest BCUT2D eigenvalue weighted by Crippen LogP contribution is -2.71. The first kappa shape index (κ1) is 27.2. The van der Waals surface area contributed by atoms with Gasteiger partial charge < -0.3 is 25.2 Å². The van der Waals surface area contributed by atoms with E-state index in [1.807, 2.05) is 0 Å². The van der Waals surface area contributed by atoms with E-state index in [1.165, 1.54) is 42.5 Å². The maximum Gasteiger partial charge on any atom is 0.352 e. The van der Waals surface area contributed by atoms with E-state index < -0.39 is 39.3 Å². The first-order valence-electron chi connectivity index (χ1n) is 10.7. The van der Waals surface area contributed by atoms with Crippen molar-refractivity contribution in [2.45, 2.75) is 23.2 Å². The number of β-lactam (4-membered cyclic amide) rings is 1.